The molecule has 1 aromatic heterocycles. The smallest absolute Gasteiger partial charge is 0.383 e. The van der Waals surface area contributed by atoms with Gasteiger partial charge in [0.2, 0.25) is 0 Å². The standard InChI is InChI=1S/C16H12O5/c1-19-11-7-8-12-13(9-11)21-16(18)15(14(12)17)20-10-5-3-2-4-6-10/h2-9,17H,1H3. The summed E-state index contributed by atoms with van der Waals surface area (Å²) in [4.78, 5) is 12.0. The molecule has 3 rings (SSSR count). The van der Waals surface area contributed by atoms with Crippen LogP contribution >= 0.6 is 0 Å². The summed E-state index contributed by atoms with van der Waals surface area (Å²) in [6, 6.07) is 13.5. The van der Waals surface area contributed by atoms with Crippen LogP contribution in [0.2, 0.25) is 0 Å². The number of rotatable bonds is 3. The molecule has 0 radical (unpaired) electrons. The van der Waals surface area contributed by atoms with E-state index in [9.17, 15) is 9.90 Å². The third-order valence-electron chi connectivity index (χ3n) is 3.01. The second kappa shape index (κ2) is 5.20. The Bertz CT molecular complexity index is 836. The molecule has 0 aliphatic heterocycles. The van der Waals surface area contributed by atoms with E-state index in [4.69, 9.17) is 13.9 Å². The van der Waals surface area contributed by atoms with Crippen LogP contribution in [0.25, 0.3) is 11.0 Å². The minimum Gasteiger partial charge on any atom is -0.504 e. The zero-order chi connectivity index (χ0) is 14.8. The van der Waals surface area contributed by atoms with Gasteiger partial charge in [0.05, 0.1) is 12.5 Å². The van der Waals surface area contributed by atoms with Crippen LogP contribution in [0.4, 0.5) is 0 Å². The molecule has 0 saturated heterocycles. The minimum atomic E-state index is -0.753. The summed E-state index contributed by atoms with van der Waals surface area (Å²) < 4.78 is 15.6. The van der Waals surface area contributed by atoms with Crippen molar-refractivity contribution in [2.24, 2.45) is 0 Å². The summed E-state index contributed by atoms with van der Waals surface area (Å²) in [5.41, 5.74) is -0.519. The van der Waals surface area contributed by atoms with Crippen molar-refractivity contribution in [3.63, 3.8) is 0 Å². The zero-order valence-electron chi connectivity index (χ0n) is 11.2. The maximum atomic E-state index is 12.0. The molecule has 0 unspecified atom stereocenters. The first-order chi connectivity index (χ1) is 10.2. The highest BCUT2D eigenvalue weighted by Crippen LogP contribution is 2.35. The molecule has 0 aliphatic rings. The van der Waals surface area contributed by atoms with E-state index in [1.807, 2.05) is 6.07 Å². The van der Waals surface area contributed by atoms with Crippen LogP contribution in [-0.4, -0.2) is 12.2 Å². The molecule has 1 N–H and O–H groups in total. The molecule has 0 bridgehead atoms. The highest BCUT2D eigenvalue weighted by atomic mass is 16.5. The first-order valence-corrected chi connectivity index (χ1v) is 6.26. The van der Waals surface area contributed by atoms with Crippen molar-refractivity contribution in [3.05, 3.63) is 59.0 Å². The van der Waals surface area contributed by atoms with Crippen LogP contribution in [0.1, 0.15) is 0 Å². The van der Waals surface area contributed by atoms with Gasteiger partial charge in [-0.3, -0.25) is 0 Å². The molecule has 0 amide bonds. The van der Waals surface area contributed by atoms with Gasteiger partial charge in [-0.25, -0.2) is 4.79 Å². The maximum Gasteiger partial charge on any atom is 0.383 e. The molecule has 3 aromatic rings. The van der Waals surface area contributed by atoms with E-state index in [-0.39, 0.29) is 17.1 Å². The summed E-state index contributed by atoms with van der Waals surface area (Å²) in [5.74, 6) is 0.473. The summed E-state index contributed by atoms with van der Waals surface area (Å²) in [6.45, 7) is 0. The van der Waals surface area contributed by atoms with Gasteiger partial charge >= 0.3 is 5.63 Å². The van der Waals surface area contributed by atoms with Gasteiger partial charge in [0.1, 0.15) is 17.1 Å². The Hall–Kier alpha value is -2.95. The van der Waals surface area contributed by atoms with Crippen LogP contribution in [0, 0.1) is 0 Å². The molecule has 0 spiro atoms. The summed E-state index contributed by atoms with van der Waals surface area (Å²) in [6.07, 6.45) is 0. The second-order valence-corrected chi connectivity index (χ2v) is 4.34. The maximum absolute atomic E-state index is 12.0. The summed E-state index contributed by atoms with van der Waals surface area (Å²) in [5, 5.41) is 10.6. The van der Waals surface area contributed by atoms with Crippen LogP contribution in [-0.2, 0) is 0 Å². The van der Waals surface area contributed by atoms with E-state index in [0.29, 0.717) is 16.9 Å². The van der Waals surface area contributed by atoms with Gasteiger partial charge < -0.3 is 19.0 Å². The van der Waals surface area contributed by atoms with E-state index < -0.39 is 5.63 Å². The van der Waals surface area contributed by atoms with Gasteiger partial charge in [0.15, 0.2) is 5.75 Å². The molecule has 2 aromatic carbocycles. The Balaban J connectivity index is 2.14. The molecule has 5 nitrogen and oxygen atoms in total. The van der Waals surface area contributed by atoms with E-state index in [2.05, 4.69) is 0 Å². The topological polar surface area (TPSA) is 68.9 Å². The van der Waals surface area contributed by atoms with E-state index >= 15 is 0 Å². The first kappa shape index (κ1) is 13.1. The molecule has 0 fully saturated rings. The van der Waals surface area contributed by atoms with Gasteiger partial charge in [-0.1, -0.05) is 18.2 Å². The molecular weight excluding hydrogens is 272 g/mol. The van der Waals surface area contributed by atoms with Gasteiger partial charge in [0, 0.05) is 6.07 Å². The molecule has 21 heavy (non-hydrogen) atoms. The number of methoxy groups -OCH3 is 1. The number of fused-ring (bicyclic) bond motifs is 1. The van der Waals surface area contributed by atoms with Gasteiger partial charge in [-0.15, -0.1) is 0 Å². The Kier molecular flexibility index (Phi) is 3.23. The largest absolute Gasteiger partial charge is 0.504 e. The normalized spacial score (nSPS) is 10.5. The predicted molar refractivity (Wildman–Crippen MR) is 77.2 cm³/mol. The van der Waals surface area contributed by atoms with Crippen molar-refractivity contribution in [1.29, 1.82) is 0 Å². The van der Waals surface area contributed by atoms with Gasteiger partial charge in [0.25, 0.3) is 5.75 Å². The fourth-order valence-corrected chi connectivity index (χ4v) is 1.97. The number of hydrogen-bond acceptors (Lipinski definition) is 5. The molecule has 5 heteroatoms. The van der Waals surface area contributed by atoms with Gasteiger partial charge in [-0.2, -0.15) is 0 Å². The van der Waals surface area contributed by atoms with Crippen molar-refractivity contribution in [2.75, 3.05) is 7.11 Å². The third kappa shape index (κ3) is 2.41. The van der Waals surface area contributed by atoms with Gasteiger partial charge in [-0.05, 0) is 24.3 Å². The first-order valence-electron chi connectivity index (χ1n) is 6.26. The molecule has 0 saturated carbocycles. The van der Waals surface area contributed by atoms with Crippen LogP contribution in [0.3, 0.4) is 0 Å². The highest BCUT2D eigenvalue weighted by Gasteiger charge is 2.16. The number of para-hydroxylation sites is 1. The van der Waals surface area contributed by atoms with E-state index in [0.717, 1.165) is 0 Å². The van der Waals surface area contributed by atoms with Crippen molar-refractivity contribution in [1.82, 2.24) is 0 Å². The number of benzene rings is 2. The van der Waals surface area contributed by atoms with Crippen LogP contribution < -0.4 is 15.1 Å². The predicted octanol–water partition coefficient (Wildman–Crippen LogP) is 3.30. The van der Waals surface area contributed by atoms with Crippen LogP contribution in [0.5, 0.6) is 23.0 Å². The summed E-state index contributed by atoms with van der Waals surface area (Å²) >= 11 is 0. The average molecular weight is 284 g/mol. The Morgan fingerprint density at radius 1 is 1.05 bits per heavy atom. The quantitative estimate of drug-likeness (QED) is 0.747. The minimum absolute atomic E-state index is 0.234. The average Bonchev–Trinajstić information content (AvgIpc) is 2.52. The van der Waals surface area contributed by atoms with E-state index in [1.54, 1.807) is 36.4 Å². The molecule has 0 aliphatic carbocycles. The second-order valence-electron chi connectivity index (χ2n) is 4.34. The van der Waals surface area contributed by atoms with Crippen molar-refractivity contribution >= 4 is 11.0 Å². The highest BCUT2D eigenvalue weighted by molar-refractivity contribution is 5.86. The van der Waals surface area contributed by atoms with Crippen molar-refractivity contribution in [2.45, 2.75) is 0 Å². The van der Waals surface area contributed by atoms with Crippen molar-refractivity contribution < 1.29 is 19.0 Å². The lowest BCUT2D eigenvalue weighted by Crippen LogP contribution is -2.03. The summed E-state index contributed by atoms with van der Waals surface area (Å²) in [7, 11) is 1.51. The lowest BCUT2D eigenvalue weighted by atomic mass is 10.2. The lowest BCUT2D eigenvalue weighted by Gasteiger charge is -2.08. The SMILES string of the molecule is COc1ccc2c(O)c(Oc3ccccc3)c(=O)oc2c1. The van der Waals surface area contributed by atoms with Crippen LogP contribution in [0.15, 0.2) is 57.7 Å². The third-order valence-corrected chi connectivity index (χ3v) is 3.01. The van der Waals surface area contributed by atoms with E-state index in [1.165, 1.54) is 13.2 Å². The fourth-order valence-electron chi connectivity index (χ4n) is 1.97. The molecule has 106 valence electrons. The monoisotopic (exact) mass is 284 g/mol. The lowest BCUT2D eigenvalue weighted by molar-refractivity contribution is 0.385. The molecule has 1 heterocycles. The Labute approximate surface area is 120 Å². The number of hydrogen-bond donors (Lipinski definition) is 1. The molecule has 0 atom stereocenters. The number of ether oxygens (including phenoxy) is 2. The fraction of sp³-hybridized carbons (Fsp3) is 0.0625. The Morgan fingerprint density at radius 2 is 1.81 bits per heavy atom. The Morgan fingerprint density at radius 3 is 2.52 bits per heavy atom. The number of aromatic hydroxyl groups is 1. The zero-order valence-corrected chi connectivity index (χ0v) is 11.2. The molecular formula is C16H12O5. The van der Waals surface area contributed by atoms with Crippen molar-refractivity contribution in [3.8, 4) is 23.0 Å².